The van der Waals surface area contributed by atoms with Crippen LogP contribution in [0, 0.1) is 0 Å². The van der Waals surface area contributed by atoms with Gasteiger partial charge in [-0.2, -0.15) is 0 Å². The second kappa shape index (κ2) is 2.85. The second-order valence-corrected chi connectivity index (χ2v) is 2.99. The lowest BCUT2D eigenvalue weighted by molar-refractivity contribution is 0.504. The van der Waals surface area contributed by atoms with Crippen LogP contribution in [0.5, 0.6) is 0 Å². The molecule has 0 aliphatic heterocycles. The van der Waals surface area contributed by atoms with E-state index in [4.69, 9.17) is 23.5 Å². The van der Waals surface area contributed by atoms with E-state index in [9.17, 15) is 0 Å². The molecule has 0 heterocycles. The molecule has 0 nitrogen and oxygen atoms in total. The first kappa shape index (κ1) is 7.30. The van der Waals surface area contributed by atoms with Crippen LogP contribution in [0.25, 0.3) is 0 Å². The van der Waals surface area contributed by atoms with E-state index >= 15 is 0 Å². The summed E-state index contributed by atoms with van der Waals surface area (Å²) in [5.41, 5.74) is 0. The smallest absolute Gasteiger partial charge is 0.0699 e. The van der Waals surface area contributed by atoms with E-state index in [0.717, 1.165) is 19.3 Å². The molecule has 0 aromatic rings. The lowest BCUT2D eigenvalue weighted by Gasteiger charge is -2.29. The highest BCUT2D eigenvalue weighted by molar-refractivity contribution is 6.18. The molecule has 0 spiro atoms. The molecular formula is C6H9B3. The third kappa shape index (κ3) is 2.11. The van der Waals surface area contributed by atoms with E-state index in [2.05, 4.69) is 0 Å². The SMILES string of the molecule is [B]C1CC([B])CC([B])C1. The highest BCUT2D eigenvalue weighted by Crippen LogP contribution is 2.38. The maximum absolute atomic E-state index is 5.66. The van der Waals surface area contributed by atoms with E-state index in [-0.39, 0.29) is 17.5 Å². The van der Waals surface area contributed by atoms with Crippen molar-refractivity contribution in [2.75, 3.05) is 0 Å². The van der Waals surface area contributed by atoms with Crippen molar-refractivity contribution in [1.82, 2.24) is 0 Å². The fourth-order valence-electron chi connectivity index (χ4n) is 1.46. The predicted molar refractivity (Wildman–Crippen MR) is 42.4 cm³/mol. The van der Waals surface area contributed by atoms with E-state index < -0.39 is 0 Å². The highest BCUT2D eigenvalue weighted by atomic mass is 14.2. The van der Waals surface area contributed by atoms with Crippen molar-refractivity contribution >= 4 is 23.5 Å². The van der Waals surface area contributed by atoms with Crippen molar-refractivity contribution < 1.29 is 0 Å². The maximum atomic E-state index is 5.66. The van der Waals surface area contributed by atoms with Crippen molar-refractivity contribution in [1.29, 1.82) is 0 Å². The molecule has 1 fully saturated rings. The van der Waals surface area contributed by atoms with E-state index in [1.807, 2.05) is 0 Å². The van der Waals surface area contributed by atoms with Crippen LogP contribution in [0.15, 0.2) is 0 Å². The molecule has 1 aliphatic carbocycles. The topological polar surface area (TPSA) is 0 Å². The van der Waals surface area contributed by atoms with Crippen LogP contribution < -0.4 is 0 Å². The fourth-order valence-corrected chi connectivity index (χ4v) is 1.46. The largest absolute Gasteiger partial charge is 0.0783 e. The summed E-state index contributed by atoms with van der Waals surface area (Å²) in [5, 5.41) is 0. The molecule has 6 radical (unpaired) electrons. The lowest BCUT2D eigenvalue weighted by Crippen LogP contribution is -2.12. The van der Waals surface area contributed by atoms with Gasteiger partial charge in [-0.05, 0) is 0 Å². The summed E-state index contributed by atoms with van der Waals surface area (Å²) in [7, 11) is 17.0. The van der Waals surface area contributed by atoms with Gasteiger partial charge >= 0.3 is 0 Å². The predicted octanol–water partition coefficient (Wildman–Crippen LogP) is 1.04. The minimum atomic E-state index is 0.240. The molecule has 0 aromatic carbocycles. The summed E-state index contributed by atoms with van der Waals surface area (Å²) in [6, 6.07) is 0. The van der Waals surface area contributed by atoms with Crippen LogP contribution in [0.3, 0.4) is 0 Å². The molecule has 0 unspecified atom stereocenters. The number of rotatable bonds is 0. The van der Waals surface area contributed by atoms with Gasteiger partial charge in [-0.3, -0.25) is 0 Å². The first-order valence-corrected chi connectivity index (χ1v) is 3.45. The van der Waals surface area contributed by atoms with Crippen molar-refractivity contribution in [2.45, 2.75) is 36.7 Å². The third-order valence-corrected chi connectivity index (χ3v) is 1.82. The molecule has 1 aliphatic rings. The van der Waals surface area contributed by atoms with Gasteiger partial charge in [0.2, 0.25) is 0 Å². The maximum Gasteiger partial charge on any atom is 0.0699 e. The zero-order chi connectivity index (χ0) is 6.85. The van der Waals surface area contributed by atoms with Gasteiger partial charge in [-0.25, -0.2) is 0 Å². The normalized spacial score (nSPS) is 44.7. The van der Waals surface area contributed by atoms with Gasteiger partial charge < -0.3 is 0 Å². The average molecular weight is 114 g/mol. The van der Waals surface area contributed by atoms with Gasteiger partial charge in [0.25, 0.3) is 0 Å². The molecule has 42 valence electrons. The van der Waals surface area contributed by atoms with Crippen LogP contribution in [-0.4, -0.2) is 23.5 Å². The Bertz CT molecular complexity index is 69.3. The van der Waals surface area contributed by atoms with Gasteiger partial charge in [-0.15, -0.1) is 0 Å². The zero-order valence-corrected chi connectivity index (χ0v) is 5.59. The third-order valence-electron chi connectivity index (χ3n) is 1.82. The standard InChI is InChI=1S/C6H9B3/c7-4-1-5(8)3-6(9)2-4/h4-6H,1-3H2. The monoisotopic (exact) mass is 114 g/mol. The van der Waals surface area contributed by atoms with Gasteiger partial charge in [0.05, 0.1) is 23.5 Å². The summed E-state index contributed by atoms with van der Waals surface area (Å²) in [6.45, 7) is 0. The van der Waals surface area contributed by atoms with Crippen molar-refractivity contribution in [3.05, 3.63) is 0 Å². The zero-order valence-electron chi connectivity index (χ0n) is 5.59. The summed E-state index contributed by atoms with van der Waals surface area (Å²) in [4.78, 5) is 0. The molecule has 1 rings (SSSR count). The Morgan fingerprint density at radius 1 is 0.667 bits per heavy atom. The van der Waals surface area contributed by atoms with Crippen molar-refractivity contribution in [3.8, 4) is 0 Å². The Morgan fingerprint density at radius 3 is 1.11 bits per heavy atom. The molecular weight excluding hydrogens is 105 g/mol. The van der Waals surface area contributed by atoms with Crippen LogP contribution in [-0.2, 0) is 0 Å². The first-order valence-electron chi connectivity index (χ1n) is 3.45. The molecule has 3 heteroatoms. The summed E-state index contributed by atoms with van der Waals surface area (Å²) < 4.78 is 0. The van der Waals surface area contributed by atoms with Gasteiger partial charge in [0.15, 0.2) is 0 Å². The van der Waals surface area contributed by atoms with Gasteiger partial charge in [-0.1, -0.05) is 36.7 Å². The van der Waals surface area contributed by atoms with Crippen LogP contribution in [0.2, 0.25) is 17.5 Å². The van der Waals surface area contributed by atoms with Crippen LogP contribution >= 0.6 is 0 Å². The Labute approximate surface area is 61.0 Å². The number of hydrogen-bond acceptors (Lipinski definition) is 0. The Morgan fingerprint density at radius 2 is 0.889 bits per heavy atom. The van der Waals surface area contributed by atoms with Crippen molar-refractivity contribution in [2.24, 2.45) is 0 Å². The number of hydrogen-bond donors (Lipinski definition) is 0. The minimum absolute atomic E-state index is 0.240. The molecule has 1 saturated carbocycles. The van der Waals surface area contributed by atoms with Gasteiger partial charge in [0, 0.05) is 0 Å². The average Bonchev–Trinajstić information content (AvgIpc) is 1.59. The van der Waals surface area contributed by atoms with Crippen molar-refractivity contribution in [3.63, 3.8) is 0 Å². The second-order valence-electron chi connectivity index (χ2n) is 2.99. The fraction of sp³-hybridized carbons (Fsp3) is 1.00. The highest BCUT2D eigenvalue weighted by Gasteiger charge is 2.18. The first-order chi connectivity index (χ1) is 4.18. The van der Waals surface area contributed by atoms with E-state index in [0.29, 0.717) is 0 Å². The Kier molecular flexibility index (Phi) is 2.31. The van der Waals surface area contributed by atoms with Crippen LogP contribution in [0.1, 0.15) is 19.3 Å². The Hall–Kier alpha value is 0.195. The lowest BCUT2D eigenvalue weighted by atomic mass is 9.57. The molecule has 0 aromatic heterocycles. The summed E-state index contributed by atoms with van der Waals surface area (Å²) in [5.74, 6) is 0.719. The summed E-state index contributed by atoms with van der Waals surface area (Å²) >= 11 is 0. The van der Waals surface area contributed by atoms with Gasteiger partial charge in [0.1, 0.15) is 0 Å². The molecule has 0 N–H and O–H groups in total. The summed E-state index contributed by atoms with van der Waals surface area (Å²) in [6.07, 6.45) is 2.81. The quantitative estimate of drug-likeness (QED) is 0.412. The molecule has 0 bridgehead atoms. The molecule has 0 saturated heterocycles. The molecule has 9 heavy (non-hydrogen) atoms. The Balaban J connectivity index is 2.34. The minimum Gasteiger partial charge on any atom is -0.0783 e. The van der Waals surface area contributed by atoms with Crippen LogP contribution in [0.4, 0.5) is 0 Å². The molecule has 0 amide bonds. The van der Waals surface area contributed by atoms with E-state index in [1.165, 1.54) is 0 Å². The van der Waals surface area contributed by atoms with E-state index in [1.54, 1.807) is 0 Å². The molecule has 0 atom stereocenters.